The van der Waals surface area contributed by atoms with Crippen molar-refractivity contribution in [3.63, 3.8) is 0 Å². The molecule has 0 bridgehead atoms. The maximum atomic E-state index is 13.5. The molecule has 1 aromatic rings. The first-order valence-corrected chi connectivity index (χ1v) is 13.7. The number of hydrogen-bond donors (Lipinski definition) is 5. The van der Waals surface area contributed by atoms with E-state index in [1.165, 1.54) is 5.01 Å². The van der Waals surface area contributed by atoms with Crippen LogP contribution in [0, 0.1) is 0 Å². The van der Waals surface area contributed by atoms with Crippen molar-refractivity contribution < 1.29 is 39.3 Å². The largest absolute Gasteiger partial charge is 0.480 e. The Labute approximate surface area is 245 Å². The Morgan fingerprint density at radius 3 is 1.95 bits per heavy atom. The molecule has 0 aliphatic carbocycles. The van der Waals surface area contributed by atoms with Crippen molar-refractivity contribution in [2.45, 2.75) is 38.8 Å². The van der Waals surface area contributed by atoms with Crippen LogP contribution in [0.1, 0.15) is 27.2 Å². The van der Waals surface area contributed by atoms with Gasteiger partial charge in [-0.15, -0.1) is 0 Å². The molecule has 1 heterocycles. The molecule has 1 saturated heterocycles. The second kappa shape index (κ2) is 15.6. The van der Waals surface area contributed by atoms with Gasteiger partial charge in [0.1, 0.15) is 0 Å². The molecular formula is C27H43N7O8. The fourth-order valence-corrected chi connectivity index (χ4v) is 4.96. The number of carbonyl (C=O) groups is 5. The molecule has 1 fully saturated rings. The number of aliphatic carboxylic acids is 3. The van der Waals surface area contributed by atoms with Crippen molar-refractivity contribution >= 4 is 41.0 Å². The maximum Gasteiger partial charge on any atom is 0.317 e. The summed E-state index contributed by atoms with van der Waals surface area (Å²) in [7, 11) is 0. The van der Waals surface area contributed by atoms with Crippen LogP contribution in [0.2, 0.25) is 0 Å². The van der Waals surface area contributed by atoms with Gasteiger partial charge in [0.2, 0.25) is 5.91 Å². The minimum absolute atomic E-state index is 0.121. The van der Waals surface area contributed by atoms with E-state index in [0.717, 1.165) is 0 Å². The van der Waals surface area contributed by atoms with Crippen LogP contribution in [0.4, 0.5) is 11.4 Å². The zero-order valence-corrected chi connectivity index (χ0v) is 24.4. The average Bonchev–Trinajstić information content (AvgIpc) is 2.90. The van der Waals surface area contributed by atoms with Crippen molar-refractivity contribution in [1.82, 2.24) is 19.7 Å². The Bertz CT molecular complexity index is 1110. The van der Waals surface area contributed by atoms with E-state index in [-0.39, 0.29) is 65.4 Å². The molecule has 1 atom stereocenters. The molecule has 1 amide bonds. The van der Waals surface area contributed by atoms with Crippen molar-refractivity contribution in [3.8, 4) is 0 Å². The van der Waals surface area contributed by atoms with Crippen LogP contribution >= 0.6 is 0 Å². The molecule has 2 rings (SSSR count). The second-order valence-electron chi connectivity index (χ2n) is 10.8. The van der Waals surface area contributed by atoms with E-state index in [0.29, 0.717) is 11.4 Å². The normalized spacial score (nSPS) is 19.8. The first-order valence-electron chi connectivity index (χ1n) is 13.7. The van der Waals surface area contributed by atoms with Gasteiger partial charge in [-0.2, -0.15) is 0 Å². The van der Waals surface area contributed by atoms with Gasteiger partial charge in [0, 0.05) is 56.5 Å². The van der Waals surface area contributed by atoms with Gasteiger partial charge in [0.05, 0.1) is 38.3 Å². The van der Waals surface area contributed by atoms with E-state index >= 15 is 0 Å². The number of carboxylic acid groups (broad SMARTS) is 3. The lowest BCUT2D eigenvalue weighted by atomic mass is 9.91. The number of amides is 1. The summed E-state index contributed by atoms with van der Waals surface area (Å²) >= 11 is 0. The van der Waals surface area contributed by atoms with Crippen LogP contribution in [0.15, 0.2) is 24.3 Å². The van der Waals surface area contributed by atoms with E-state index in [2.05, 4.69) is 0 Å². The highest BCUT2D eigenvalue weighted by molar-refractivity contribution is 6.05. The number of nitrogen functional groups attached to an aromatic ring is 1. The van der Waals surface area contributed by atoms with Crippen LogP contribution in [-0.4, -0.2) is 142 Å². The van der Waals surface area contributed by atoms with Gasteiger partial charge in [0.25, 0.3) is 0 Å². The molecule has 1 aliphatic rings. The molecule has 0 saturated carbocycles. The SMILES string of the molecule is CC1N(CC(=O)O)CCN(CC(=O)O)CCN(N(C(=O)CC(=O)CN)c2ccc(N)cc2)CCN(CC(=O)O)C1(C)C. The summed E-state index contributed by atoms with van der Waals surface area (Å²) < 4.78 is 0. The molecular weight excluding hydrogens is 550 g/mol. The Balaban J connectivity index is 2.60. The number of Topliss-reactive ketones (excluding diaryl/α,β-unsaturated/α-hetero) is 1. The molecule has 7 N–H and O–H groups in total. The Kier molecular flexibility index (Phi) is 12.8. The number of benzene rings is 1. The van der Waals surface area contributed by atoms with Gasteiger partial charge in [-0.25, -0.2) is 10.0 Å². The zero-order chi connectivity index (χ0) is 31.6. The minimum Gasteiger partial charge on any atom is -0.480 e. The molecule has 15 heteroatoms. The molecule has 1 aliphatic heterocycles. The zero-order valence-electron chi connectivity index (χ0n) is 24.4. The molecule has 15 nitrogen and oxygen atoms in total. The summed E-state index contributed by atoms with van der Waals surface area (Å²) in [6.45, 7) is 5.14. The van der Waals surface area contributed by atoms with E-state index in [1.54, 1.807) is 44.0 Å². The van der Waals surface area contributed by atoms with Crippen LogP contribution in [-0.2, 0) is 24.0 Å². The van der Waals surface area contributed by atoms with Gasteiger partial charge in [-0.05, 0) is 45.0 Å². The highest BCUT2D eigenvalue weighted by Gasteiger charge is 2.39. The average molecular weight is 594 g/mol. The Morgan fingerprint density at radius 1 is 0.857 bits per heavy atom. The van der Waals surface area contributed by atoms with Gasteiger partial charge in [-0.3, -0.25) is 38.7 Å². The van der Waals surface area contributed by atoms with Gasteiger partial charge in [0.15, 0.2) is 5.78 Å². The minimum atomic E-state index is -1.08. The predicted octanol–water partition coefficient (Wildman–Crippen LogP) is -0.923. The van der Waals surface area contributed by atoms with Gasteiger partial charge < -0.3 is 26.8 Å². The third kappa shape index (κ3) is 10.0. The Hall–Kier alpha value is -3.63. The monoisotopic (exact) mass is 593 g/mol. The van der Waals surface area contributed by atoms with Crippen LogP contribution < -0.4 is 16.5 Å². The van der Waals surface area contributed by atoms with Crippen LogP contribution in [0.25, 0.3) is 0 Å². The summed E-state index contributed by atoms with van der Waals surface area (Å²) in [6, 6.07) is 5.99. The van der Waals surface area contributed by atoms with Crippen molar-refractivity contribution in [1.29, 1.82) is 0 Å². The number of nitrogens with zero attached hydrogens (tertiary/aromatic N) is 5. The van der Waals surface area contributed by atoms with E-state index in [1.807, 2.05) is 20.8 Å². The lowest BCUT2D eigenvalue weighted by Gasteiger charge is -2.48. The Morgan fingerprint density at radius 2 is 1.40 bits per heavy atom. The number of carbonyl (C=O) groups excluding carboxylic acids is 2. The number of carboxylic acids is 3. The van der Waals surface area contributed by atoms with Gasteiger partial charge >= 0.3 is 17.9 Å². The molecule has 0 aromatic heterocycles. The maximum absolute atomic E-state index is 13.5. The summed E-state index contributed by atoms with van der Waals surface area (Å²) in [5, 5.41) is 31.9. The topological polar surface area (TPSA) is 214 Å². The van der Waals surface area contributed by atoms with E-state index in [4.69, 9.17) is 11.5 Å². The number of nitrogens with two attached hydrogens (primary N) is 2. The number of rotatable bonds is 11. The highest BCUT2D eigenvalue weighted by atomic mass is 16.4. The van der Waals surface area contributed by atoms with Crippen molar-refractivity contribution in [3.05, 3.63) is 24.3 Å². The predicted molar refractivity (Wildman–Crippen MR) is 155 cm³/mol. The first kappa shape index (κ1) is 34.6. The third-order valence-corrected chi connectivity index (χ3v) is 7.65. The number of hydrogen-bond acceptors (Lipinski definition) is 11. The van der Waals surface area contributed by atoms with Crippen LogP contribution in [0.3, 0.4) is 0 Å². The summed E-state index contributed by atoms with van der Waals surface area (Å²) in [4.78, 5) is 66.1. The van der Waals surface area contributed by atoms with E-state index < -0.39 is 47.6 Å². The first-order chi connectivity index (χ1) is 19.6. The molecule has 1 unspecified atom stereocenters. The lowest BCUT2D eigenvalue weighted by molar-refractivity contribution is -0.144. The molecule has 0 radical (unpaired) electrons. The molecule has 42 heavy (non-hydrogen) atoms. The smallest absolute Gasteiger partial charge is 0.317 e. The number of ketones is 1. The van der Waals surface area contributed by atoms with Crippen molar-refractivity contribution in [2.24, 2.45) is 5.73 Å². The molecule has 234 valence electrons. The fourth-order valence-electron chi connectivity index (χ4n) is 4.96. The quantitative estimate of drug-likeness (QED) is 0.155. The molecule has 0 spiro atoms. The van der Waals surface area contributed by atoms with Gasteiger partial charge in [-0.1, -0.05) is 0 Å². The fraction of sp³-hybridized carbons (Fsp3) is 0.593. The summed E-state index contributed by atoms with van der Waals surface area (Å²) in [6.07, 6.45) is -0.471. The standard InChI is InChI=1S/C27H43N7O8/c1-19-27(2,3)32(18-26(41)42)11-13-33(12-9-30(16-24(37)38)8-10-31(19)17-25(39)40)34(23(36)14-22(35)15-28)21-6-4-20(29)5-7-21/h4-7,19H,8-18,28-29H2,1-3H3,(H,37,38)(H,39,40)(H,41,42). The second-order valence-corrected chi connectivity index (χ2v) is 10.8. The third-order valence-electron chi connectivity index (χ3n) is 7.65. The number of anilines is 2. The molecule has 1 aromatic carbocycles. The number of hydrazine groups is 1. The van der Waals surface area contributed by atoms with Crippen LogP contribution in [0.5, 0.6) is 0 Å². The highest BCUT2D eigenvalue weighted by Crippen LogP contribution is 2.25. The van der Waals surface area contributed by atoms with Crippen molar-refractivity contribution in [2.75, 3.05) is 76.2 Å². The summed E-state index contributed by atoms with van der Waals surface area (Å²) in [5.74, 6) is -4.23. The summed E-state index contributed by atoms with van der Waals surface area (Å²) in [5.41, 5.74) is 11.3. The lowest BCUT2D eigenvalue weighted by Crippen LogP contribution is -2.63. The van der Waals surface area contributed by atoms with E-state index in [9.17, 15) is 39.3 Å².